The molecule has 0 unspecified atom stereocenters. The summed E-state index contributed by atoms with van der Waals surface area (Å²) < 4.78 is 5.14. The first-order valence-electron chi connectivity index (χ1n) is 5.79. The Balaban J connectivity index is 2.00. The van der Waals surface area contributed by atoms with E-state index in [-0.39, 0.29) is 11.1 Å². The minimum Gasteiger partial charge on any atom is -0.440 e. The van der Waals surface area contributed by atoms with Gasteiger partial charge in [-0.25, -0.2) is 0 Å². The van der Waals surface area contributed by atoms with Crippen molar-refractivity contribution >= 4 is 17.5 Å². The Labute approximate surface area is 106 Å². The molecule has 1 aromatic rings. The molecule has 0 aromatic carbocycles. The van der Waals surface area contributed by atoms with Gasteiger partial charge in [-0.3, -0.25) is 4.79 Å². The molecular weight excluding hydrogens is 240 g/mol. The Hall–Kier alpha value is -1.00. The van der Waals surface area contributed by atoms with Crippen molar-refractivity contribution in [3.63, 3.8) is 0 Å². The first kappa shape index (κ1) is 12.5. The van der Waals surface area contributed by atoms with Crippen LogP contribution in [0, 0.1) is 0 Å². The maximum absolute atomic E-state index is 12.1. The van der Waals surface area contributed by atoms with Crippen LogP contribution in [0.25, 0.3) is 0 Å². The van der Waals surface area contributed by atoms with Gasteiger partial charge in [-0.2, -0.15) is 0 Å². The largest absolute Gasteiger partial charge is 0.440 e. The van der Waals surface area contributed by atoms with Crippen molar-refractivity contribution in [3.05, 3.63) is 23.1 Å². The van der Waals surface area contributed by atoms with Gasteiger partial charge in [0.15, 0.2) is 11.0 Å². The number of likely N-dealkylation sites (tertiary alicyclic amines) is 1. The van der Waals surface area contributed by atoms with Crippen LogP contribution < -0.4 is 0 Å². The summed E-state index contributed by atoms with van der Waals surface area (Å²) in [5, 5.41) is 0.255. The summed E-state index contributed by atoms with van der Waals surface area (Å²) in [5.74, 6) is 0.225. The number of furan rings is 1. The molecule has 0 aliphatic carbocycles. The highest BCUT2D eigenvalue weighted by molar-refractivity contribution is 6.29. The SMILES string of the molecule is CN1CCC(N(C)C(=O)c2ccc(Cl)o2)CC1. The van der Waals surface area contributed by atoms with Gasteiger partial charge in [0.1, 0.15) is 0 Å². The van der Waals surface area contributed by atoms with Gasteiger partial charge in [-0.1, -0.05) is 0 Å². The maximum atomic E-state index is 12.1. The Kier molecular flexibility index (Phi) is 3.74. The van der Waals surface area contributed by atoms with Crippen LogP contribution in [0.1, 0.15) is 23.4 Å². The van der Waals surface area contributed by atoms with Crippen molar-refractivity contribution in [2.24, 2.45) is 0 Å². The molecule has 1 fully saturated rings. The van der Waals surface area contributed by atoms with Crippen LogP contribution in [0.4, 0.5) is 0 Å². The number of hydrogen-bond donors (Lipinski definition) is 0. The van der Waals surface area contributed by atoms with Crippen LogP contribution in [0.5, 0.6) is 0 Å². The Morgan fingerprint density at radius 2 is 2.12 bits per heavy atom. The van der Waals surface area contributed by atoms with E-state index in [9.17, 15) is 4.79 Å². The zero-order chi connectivity index (χ0) is 12.4. The summed E-state index contributed by atoms with van der Waals surface area (Å²) >= 11 is 5.67. The Morgan fingerprint density at radius 3 is 2.65 bits per heavy atom. The highest BCUT2D eigenvalue weighted by Gasteiger charge is 2.26. The van der Waals surface area contributed by atoms with Gasteiger partial charge in [0.05, 0.1) is 0 Å². The van der Waals surface area contributed by atoms with Crippen molar-refractivity contribution in [2.75, 3.05) is 27.2 Å². The second-order valence-electron chi connectivity index (χ2n) is 4.55. The smallest absolute Gasteiger partial charge is 0.289 e. The van der Waals surface area contributed by atoms with Crippen LogP contribution in [0.15, 0.2) is 16.5 Å². The summed E-state index contributed by atoms with van der Waals surface area (Å²) in [4.78, 5) is 16.1. The average molecular weight is 257 g/mol. The quantitative estimate of drug-likeness (QED) is 0.813. The van der Waals surface area contributed by atoms with Gasteiger partial charge in [0.25, 0.3) is 5.91 Å². The highest BCUT2D eigenvalue weighted by Crippen LogP contribution is 2.19. The van der Waals surface area contributed by atoms with Crippen LogP contribution in [0.3, 0.4) is 0 Å². The zero-order valence-electron chi connectivity index (χ0n) is 10.1. The van der Waals surface area contributed by atoms with Crippen molar-refractivity contribution in [2.45, 2.75) is 18.9 Å². The third kappa shape index (κ3) is 2.82. The standard InChI is InChI=1S/C12H17ClN2O2/c1-14-7-5-9(6-8-14)15(2)12(16)10-3-4-11(13)17-10/h3-4,9H,5-8H2,1-2H3. The molecule has 0 N–H and O–H groups in total. The van der Waals surface area contributed by atoms with Crippen LogP contribution in [-0.2, 0) is 0 Å². The van der Waals surface area contributed by atoms with E-state index in [0.717, 1.165) is 25.9 Å². The lowest BCUT2D eigenvalue weighted by Gasteiger charge is -2.34. The molecular formula is C12H17ClN2O2. The van der Waals surface area contributed by atoms with Gasteiger partial charge in [-0.05, 0) is 56.7 Å². The molecule has 1 saturated heterocycles. The van der Waals surface area contributed by atoms with Crippen molar-refractivity contribution in [3.8, 4) is 0 Å². The van der Waals surface area contributed by atoms with Gasteiger partial charge >= 0.3 is 0 Å². The van der Waals surface area contributed by atoms with Crippen molar-refractivity contribution < 1.29 is 9.21 Å². The Morgan fingerprint density at radius 1 is 1.47 bits per heavy atom. The number of hydrogen-bond acceptors (Lipinski definition) is 3. The lowest BCUT2D eigenvalue weighted by atomic mass is 10.0. The van der Waals surface area contributed by atoms with E-state index in [1.165, 1.54) is 0 Å². The molecule has 4 nitrogen and oxygen atoms in total. The van der Waals surface area contributed by atoms with E-state index >= 15 is 0 Å². The number of rotatable bonds is 2. The molecule has 1 aliphatic heterocycles. The Bertz CT molecular complexity index is 397. The molecule has 1 amide bonds. The lowest BCUT2D eigenvalue weighted by Crippen LogP contribution is -2.44. The molecule has 0 spiro atoms. The third-order valence-corrected chi connectivity index (χ3v) is 3.54. The molecule has 1 aromatic heterocycles. The van der Waals surface area contributed by atoms with E-state index in [1.807, 2.05) is 7.05 Å². The average Bonchev–Trinajstić information content (AvgIpc) is 2.75. The van der Waals surface area contributed by atoms with Crippen LogP contribution >= 0.6 is 11.6 Å². The fourth-order valence-electron chi connectivity index (χ4n) is 2.15. The normalized spacial score (nSPS) is 18.3. The molecule has 94 valence electrons. The number of halogens is 1. The second-order valence-corrected chi connectivity index (χ2v) is 4.93. The molecule has 0 saturated carbocycles. The maximum Gasteiger partial charge on any atom is 0.289 e. The minimum atomic E-state index is -0.0912. The van der Waals surface area contributed by atoms with E-state index in [1.54, 1.807) is 17.0 Å². The monoisotopic (exact) mass is 256 g/mol. The van der Waals surface area contributed by atoms with E-state index in [0.29, 0.717) is 11.8 Å². The van der Waals surface area contributed by atoms with Gasteiger partial charge in [0, 0.05) is 13.1 Å². The fraction of sp³-hybridized carbons (Fsp3) is 0.583. The van der Waals surface area contributed by atoms with Gasteiger partial charge in [0.2, 0.25) is 0 Å². The predicted molar refractivity (Wildman–Crippen MR) is 66.3 cm³/mol. The second kappa shape index (κ2) is 5.10. The summed E-state index contributed by atoms with van der Waals surface area (Å²) in [6.07, 6.45) is 2.01. The van der Waals surface area contributed by atoms with Gasteiger partial charge in [-0.15, -0.1) is 0 Å². The van der Waals surface area contributed by atoms with Gasteiger partial charge < -0.3 is 14.2 Å². The number of nitrogens with zero attached hydrogens (tertiary/aromatic N) is 2. The molecule has 5 heteroatoms. The predicted octanol–water partition coefficient (Wildman–Crippen LogP) is 2.10. The van der Waals surface area contributed by atoms with Crippen LogP contribution in [-0.4, -0.2) is 48.9 Å². The van der Waals surface area contributed by atoms with E-state index < -0.39 is 0 Å². The summed E-state index contributed by atoms with van der Waals surface area (Å²) in [6.45, 7) is 2.06. The van der Waals surface area contributed by atoms with Crippen molar-refractivity contribution in [1.29, 1.82) is 0 Å². The van der Waals surface area contributed by atoms with E-state index in [4.69, 9.17) is 16.0 Å². The lowest BCUT2D eigenvalue weighted by molar-refractivity contribution is 0.0628. The van der Waals surface area contributed by atoms with E-state index in [2.05, 4.69) is 11.9 Å². The zero-order valence-corrected chi connectivity index (χ0v) is 10.9. The van der Waals surface area contributed by atoms with Crippen LogP contribution in [0.2, 0.25) is 5.22 Å². The molecule has 1 aliphatic rings. The molecule has 0 bridgehead atoms. The molecule has 2 heterocycles. The molecule has 0 radical (unpaired) electrons. The fourth-order valence-corrected chi connectivity index (χ4v) is 2.30. The highest BCUT2D eigenvalue weighted by atomic mass is 35.5. The number of amides is 1. The van der Waals surface area contributed by atoms with Crippen molar-refractivity contribution in [1.82, 2.24) is 9.80 Å². The summed E-state index contributed by atoms with van der Waals surface area (Å²) in [5.41, 5.74) is 0. The topological polar surface area (TPSA) is 36.7 Å². The number of carbonyl (C=O) groups excluding carboxylic acids is 1. The number of carbonyl (C=O) groups is 1. The molecule has 0 atom stereocenters. The minimum absolute atomic E-state index is 0.0912. The first-order valence-corrected chi connectivity index (χ1v) is 6.17. The first-order chi connectivity index (χ1) is 8.08. The number of piperidine rings is 1. The summed E-state index contributed by atoms with van der Waals surface area (Å²) in [7, 11) is 3.93. The third-order valence-electron chi connectivity index (χ3n) is 3.34. The molecule has 2 rings (SSSR count). The summed E-state index contributed by atoms with van der Waals surface area (Å²) in [6, 6.07) is 3.51. The molecule has 17 heavy (non-hydrogen) atoms.